The molecule has 2 atom stereocenters. The summed E-state index contributed by atoms with van der Waals surface area (Å²) in [5.74, 6) is -0.938. The van der Waals surface area contributed by atoms with Gasteiger partial charge in [-0.3, -0.25) is 4.84 Å². The third-order valence-electron chi connectivity index (χ3n) is 3.38. The number of carbonyl (C=O) groups excluding carboxylic acids is 1. The minimum Gasteiger partial charge on any atom is -0.379 e. The van der Waals surface area contributed by atoms with Crippen LogP contribution in [-0.2, 0) is 25.1 Å². The summed E-state index contributed by atoms with van der Waals surface area (Å²) >= 11 is 0. The van der Waals surface area contributed by atoms with E-state index in [1.165, 1.54) is 5.06 Å². The van der Waals surface area contributed by atoms with E-state index >= 15 is 0 Å². The summed E-state index contributed by atoms with van der Waals surface area (Å²) in [6, 6.07) is 17.2. The van der Waals surface area contributed by atoms with Gasteiger partial charge in [-0.15, -0.1) is 0 Å². The minimum absolute atomic E-state index is 0.210. The van der Waals surface area contributed by atoms with Crippen molar-refractivity contribution in [2.75, 3.05) is 5.06 Å². The quantitative estimate of drug-likeness (QED) is 0.538. The maximum atomic E-state index is 12.6. The second kappa shape index (κ2) is 8.96. The number of benzene rings is 2. The fourth-order valence-electron chi connectivity index (χ4n) is 2.41. The molecule has 0 aliphatic heterocycles. The van der Waals surface area contributed by atoms with Crippen LogP contribution in [0.2, 0.25) is 0 Å². The molecule has 0 heterocycles. The Balaban J connectivity index is 2.40. The highest BCUT2D eigenvalue weighted by Crippen LogP contribution is 2.33. The van der Waals surface area contributed by atoms with Gasteiger partial charge in [-0.2, -0.15) is 0 Å². The van der Waals surface area contributed by atoms with Crippen LogP contribution in [0.5, 0.6) is 0 Å². The molecule has 7 nitrogen and oxygen atoms in total. The molecule has 2 rings (SSSR count). The van der Waals surface area contributed by atoms with Crippen LogP contribution < -0.4 is 10.6 Å². The minimum atomic E-state index is -4.48. The summed E-state index contributed by atoms with van der Waals surface area (Å²) in [5, 5.41) is 1.40. The predicted octanol–water partition coefficient (Wildman–Crippen LogP) is 3.05. The molecule has 3 N–H and O–H groups in total. The number of carbonyl (C=O) groups is 1. The summed E-state index contributed by atoms with van der Waals surface area (Å²) in [4.78, 5) is 27.7. The van der Waals surface area contributed by atoms with Crippen LogP contribution in [0.1, 0.15) is 19.4 Å². The summed E-state index contributed by atoms with van der Waals surface area (Å²) in [5.41, 5.74) is 6.47. The number of hydroxylamine groups is 1. The van der Waals surface area contributed by atoms with Crippen molar-refractivity contribution < 1.29 is 23.6 Å². The lowest BCUT2D eigenvalue weighted by Crippen LogP contribution is -2.45. The molecule has 1 unspecified atom stereocenters. The number of nitrogens with two attached hydrogens (primary N) is 1. The van der Waals surface area contributed by atoms with Gasteiger partial charge >= 0.3 is 13.7 Å². The normalized spacial score (nSPS) is 14.5. The van der Waals surface area contributed by atoms with Crippen molar-refractivity contribution in [3.05, 3.63) is 66.2 Å². The lowest BCUT2D eigenvalue weighted by atomic mass is 10.1. The van der Waals surface area contributed by atoms with Gasteiger partial charge in [-0.25, -0.2) is 19.9 Å². The van der Waals surface area contributed by atoms with E-state index in [2.05, 4.69) is 4.52 Å². The Kier molecular flexibility index (Phi) is 6.94. The molecule has 26 heavy (non-hydrogen) atoms. The topological polar surface area (TPSA) is 102 Å². The van der Waals surface area contributed by atoms with E-state index in [4.69, 9.17) is 10.3 Å². The van der Waals surface area contributed by atoms with E-state index in [0.29, 0.717) is 5.69 Å². The first-order valence-electron chi connectivity index (χ1n) is 8.16. The molecule has 0 spiro atoms. The molecule has 0 saturated heterocycles. The summed E-state index contributed by atoms with van der Waals surface area (Å²) in [6.45, 7) is 3.64. The third kappa shape index (κ3) is 6.28. The zero-order chi connectivity index (χ0) is 19.2. The molecule has 8 heteroatoms. The van der Waals surface area contributed by atoms with Gasteiger partial charge in [-0.05, 0) is 31.5 Å². The van der Waals surface area contributed by atoms with E-state index in [1.807, 2.05) is 50.2 Å². The predicted molar refractivity (Wildman–Crippen MR) is 99.2 cm³/mol. The molecule has 2 aromatic rings. The molecule has 140 valence electrons. The molecule has 0 saturated carbocycles. The third-order valence-corrected chi connectivity index (χ3v) is 3.82. The summed E-state index contributed by atoms with van der Waals surface area (Å²) in [6.07, 6.45) is -0.0264. The molecule has 0 aliphatic carbocycles. The van der Waals surface area contributed by atoms with Crippen molar-refractivity contribution >= 4 is 19.4 Å². The van der Waals surface area contributed by atoms with Crippen LogP contribution >= 0.6 is 7.75 Å². The zero-order valence-electron chi connectivity index (χ0n) is 14.7. The lowest BCUT2D eigenvalue weighted by molar-refractivity contribution is -0.139. The van der Waals surface area contributed by atoms with E-state index in [9.17, 15) is 14.3 Å². The maximum Gasteiger partial charge on any atom is 0.455 e. The summed E-state index contributed by atoms with van der Waals surface area (Å²) in [7, 11) is -4.48. The first-order chi connectivity index (χ1) is 12.3. The van der Waals surface area contributed by atoms with Crippen LogP contribution in [-0.4, -0.2) is 23.0 Å². The van der Waals surface area contributed by atoms with E-state index in [-0.39, 0.29) is 12.5 Å². The number of para-hydroxylation sites is 1. The average Bonchev–Trinajstić information content (AvgIpc) is 2.58. The van der Waals surface area contributed by atoms with Crippen LogP contribution in [0.4, 0.5) is 5.69 Å². The Morgan fingerprint density at radius 2 is 1.65 bits per heavy atom. The van der Waals surface area contributed by atoms with Crippen LogP contribution in [0, 0.1) is 0 Å². The fraction of sp³-hybridized carbons (Fsp3) is 0.278. The highest BCUT2D eigenvalue weighted by Gasteiger charge is 2.33. The first kappa shape index (κ1) is 20.1. The van der Waals surface area contributed by atoms with Crippen LogP contribution in [0.25, 0.3) is 0 Å². The van der Waals surface area contributed by atoms with Gasteiger partial charge < -0.3 is 9.42 Å². The Morgan fingerprint density at radius 1 is 1.12 bits per heavy atom. The van der Waals surface area contributed by atoms with Gasteiger partial charge in [0.05, 0.1) is 11.8 Å². The number of anilines is 1. The SMILES string of the molecule is CC(C)ON(c1ccccc1)[C@@H](Cc1ccccc1)C(=O)OP(N)(=O)O. The highest BCUT2D eigenvalue weighted by atomic mass is 31.2. The van der Waals surface area contributed by atoms with Gasteiger partial charge in [0.15, 0.2) is 6.04 Å². The number of nitrogens with zero attached hydrogens (tertiary/aromatic N) is 1. The largest absolute Gasteiger partial charge is 0.455 e. The van der Waals surface area contributed by atoms with Gasteiger partial charge in [0.1, 0.15) is 0 Å². The fourth-order valence-corrected chi connectivity index (χ4v) is 2.78. The smallest absolute Gasteiger partial charge is 0.379 e. The zero-order valence-corrected chi connectivity index (χ0v) is 15.6. The van der Waals surface area contributed by atoms with Crippen molar-refractivity contribution in [2.45, 2.75) is 32.4 Å². The number of hydrogen-bond donors (Lipinski definition) is 2. The molecule has 0 radical (unpaired) electrons. The second-order valence-corrected chi connectivity index (χ2v) is 7.31. The number of hydrogen-bond acceptors (Lipinski definition) is 5. The van der Waals surface area contributed by atoms with Crippen molar-refractivity contribution in [1.29, 1.82) is 0 Å². The van der Waals surface area contributed by atoms with E-state index in [0.717, 1.165) is 5.56 Å². The van der Waals surface area contributed by atoms with Crippen LogP contribution in [0.15, 0.2) is 60.7 Å². The Labute approximate surface area is 152 Å². The average molecular weight is 378 g/mol. The Morgan fingerprint density at radius 3 is 2.15 bits per heavy atom. The monoisotopic (exact) mass is 378 g/mol. The molecule has 0 aromatic heterocycles. The Bertz CT molecular complexity index is 749. The van der Waals surface area contributed by atoms with Crippen molar-refractivity contribution in [3.63, 3.8) is 0 Å². The molecular formula is C18H23N2O5P. The van der Waals surface area contributed by atoms with Gasteiger partial charge in [-0.1, -0.05) is 48.5 Å². The van der Waals surface area contributed by atoms with Gasteiger partial charge in [0, 0.05) is 6.42 Å². The molecule has 0 aliphatic rings. The van der Waals surface area contributed by atoms with Gasteiger partial charge in [0.25, 0.3) is 0 Å². The highest BCUT2D eigenvalue weighted by molar-refractivity contribution is 7.50. The Hall–Kier alpha value is -2.18. The summed E-state index contributed by atoms with van der Waals surface area (Å²) < 4.78 is 16.0. The standard InChI is InChI=1S/C18H23N2O5P/c1-14(2)24-20(16-11-7-4-8-12-16)17(18(21)25-26(19,22)23)13-15-9-5-3-6-10-15/h3-12,14,17H,13H2,1-2H3,(H3,19,22,23)/t17-/m0/s1. The van der Waals surface area contributed by atoms with Crippen molar-refractivity contribution in [1.82, 2.24) is 0 Å². The van der Waals surface area contributed by atoms with E-state index in [1.54, 1.807) is 24.3 Å². The molecule has 0 bridgehead atoms. The van der Waals surface area contributed by atoms with Crippen molar-refractivity contribution in [3.8, 4) is 0 Å². The lowest BCUT2D eigenvalue weighted by Gasteiger charge is -2.32. The molecule has 0 amide bonds. The molecule has 2 aromatic carbocycles. The van der Waals surface area contributed by atoms with Crippen LogP contribution in [0.3, 0.4) is 0 Å². The first-order valence-corrected chi connectivity index (χ1v) is 9.80. The maximum absolute atomic E-state index is 12.6. The molecular weight excluding hydrogens is 355 g/mol. The van der Waals surface area contributed by atoms with Crippen molar-refractivity contribution in [2.24, 2.45) is 5.50 Å². The van der Waals surface area contributed by atoms with E-state index < -0.39 is 19.8 Å². The molecule has 0 fully saturated rings. The van der Waals surface area contributed by atoms with Gasteiger partial charge in [0.2, 0.25) is 0 Å². The second-order valence-electron chi connectivity index (χ2n) is 6.00. The number of rotatable bonds is 8.